The molecule has 14 heteroatoms. The predicted molar refractivity (Wildman–Crippen MR) is 197 cm³/mol. The normalized spacial score (nSPS) is 19.3. The number of H-pyrrole nitrogens is 1. The van der Waals surface area contributed by atoms with Gasteiger partial charge in [0.25, 0.3) is 5.56 Å². The summed E-state index contributed by atoms with van der Waals surface area (Å²) in [4.78, 5) is 39.1. The Morgan fingerprint density at radius 2 is 1.46 bits per heavy atom. The molecule has 0 saturated carbocycles. The highest BCUT2D eigenvalue weighted by Gasteiger charge is 2.38. The topological polar surface area (TPSA) is 178 Å². The zero-order chi connectivity index (χ0) is 36.5. The van der Waals surface area contributed by atoms with E-state index in [4.69, 9.17) is 24.1 Å². The fraction of sp³-hybridized carbons (Fsp3) is 0.889. The van der Waals surface area contributed by atoms with E-state index in [1.165, 1.54) is 120 Å². The molecule has 1 saturated heterocycles. The molecule has 0 aliphatic carbocycles. The smallest absolute Gasteiger partial charge is 0.379 e. The lowest BCUT2D eigenvalue weighted by Gasteiger charge is -2.18. The van der Waals surface area contributed by atoms with Crippen molar-refractivity contribution in [3.8, 4) is 0 Å². The van der Waals surface area contributed by atoms with Crippen molar-refractivity contribution in [3.05, 3.63) is 43.0 Å². The lowest BCUT2D eigenvalue weighted by atomic mass is 10.1. The monoisotopic (exact) mass is 727 g/mol. The number of rotatable bonds is 31. The molecular weight excluding hydrogens is 661 g/mol. The summed E-state index contributed by atoms with van der Waals surface area (Å²) in [5, 5.41) is 3.69. The van der Waals surface area contributed by atoms with Crippen molar-refractivity contribution < 1.29 is 28.0 Å². The number of hydrogen-bond acceptors (Lipinski definition) is 8. The predicted octanol–water partition coefficient (Wildman–Crippen LogP) is 9.56. The molecule has 1 aromatic heterocycles. The highest BCUT2D eigenvalue weighted by atomic mass is 31.2. The summed E-state index contributed by atoms with van der Waals surface area (Å²) in [6, 6.07) is -0.739. The summed E-state index contributed by atoms with van der Waals surface area (Å²) in [7, 11) is -4.35. The van der Waals surface area contributed by atoms with Crippen molar-refractivity contribution in [1.29, 1.82) is 0 Å². The lowest BCUT2D eigenvalue weighted by Crippen LogP contribution is -2.33. The molecule has 5 atom stereocenters. The first-order valence-corrected chi connectivity index (χ1v) is 20.9. The number of ether oxygens (including phenoxy) is 2. The van der Waals surface area contributed by atoms with E-state index < -0.39 is 37.4 Å². The van der Waals surface area contributed by atoms with Crippen LogP contribution in [0, 0.1) is 6.92 Å². The minimum Gasteiger partial charge on any atom is -0.379 e. The van der Waals surface area contributed by atoms with E-state index in [0.717, 1.165) is 25.9 Å². The Morgan fingerprint density at radius 3 is 2.04 bits per heavy atom. The highest BCUT2D eigenvalue weighted by molar-refractivity contribution is 7.47. The molecule has 2 rings (SSSR count). The van der Waals surface area contributed by atoms with Gasteiger partial charge >= 0.3 is 13.5 Å². The fourth-order valence-electron chi connectivity index (χ4n) is 6.31. The van der Waals surface area contributed by atoms with Crippen LogP contribution < -0.4 is 11.2 Å². The molecule has 288 valence electrons. The Kier molecular flexibility index (Phi) is 23.6. The van der Waals surface area contributed by atoms with Crippen molar-refractivity contribution in [1.82, 2.24) is 9.55 Å². The number of phosphoric ester groups is 1. The van der Waals surface area contributed by atoms with Gasteiger partial charge in [-0.15, -0.1) is 0 Å². The van der Waals surface area contributed by atoms with Crippen LogP contribution in [-0.2, 0) is 23.1 Å². The zero-order valence-corrected chi connectivity index (χ0v) is 32.0. The van der Waals surface area contributed by atoms with Crippen LogP contribution in [0.1, 0.15) is 167 Å². The number of aryl methyl sites for hydroxylation is 1. The van der Waals surface area contributed by atoms with Gasteiger partial charge in [0.1, 0.15) is 6.23 Å². The van der Waals surface area contributed by atoms with Crippen LogP contribution in [0.3, 0.4) is 0 Å². The first-order valence-electron chi connectivity index (χ1n) is 19.4. The molecule has 0 aromatic carbocycles. The van der Waals surface area contributed by atoms with Gasteiger partial charge in [-0.1, -0.05) is 128 Å². The van der Waals surface area contributed by atoms with Gasteiger partial charge in [-0.25, -0.2) is 9.36 Å². The Bertz CT molecular complexity index is 1250. The molecule has 2 N–H and O–H groups in total. The van der Waals surface area contributed by atoms with E-state index in [1.54, 1.807) is 6.92 Å². The molecular formula is C36H66N5O8P. The zero-order valence-electron chi connectivity index (χ0n) is 31.1. The van der Waals surface area contributed by atoms with Crippen molar-refractivity contribution in [2.45, 2.75) is 187 Å². The molecule has 1 aliphatic heterocycles. The minimum absolute atomic E-state index is 0.0942. The molecule has 0 spiro atoms. The van der Waals surface area contributed by atoms with E-state index in [0.29, 0.717) is 18.1 Å². The molecule has 1 aliphatic rings. The molecule has 13 nitrogen and oxygen atoms in total. The minimum atomic E-state index is -4.35. The van der Waals surface area contributed by atoms with E-state index in [1.807, 2.05) is 0 Å². The number of hydrogen-bond donors (Lipinski definition) is 2. The second-order valence-corrected chi connectivity index (χ2v) is 15.4. The molecule has 2 heterocycles. The highest BCUT2D eigenvalue weighted by Crippen LogP contribution is 2.44. The number of aromatic amines is 1. The van der Waals surface area contributed by atoms with E-state index in [2.05, 4.69) is 28.9 Å². The van der Waals surface area contributed by atoms with Gasteiger partial charge in [0.05, 0.1) is 31.5 Å². The van der Waals surface area contributed by atoms with Gasteiger partial charge in [0.2, 0.25) is 0 Å². The summed E-state index contributed by atoms with van der Waals surface area (Å²) in [6.45, 7) is 6.67. The fourth-order valence-corrected chi connectivity index (χ4v) is 7.08. The first-order chi connectivity index (χ1) is 24.2. The summed E-state index contributed by atoms with van der Waals surface area (Å²) < 4.78 is 35.7. The first kappa shape index (κ1) is 44.2. The molecule has 0 radical (unpaired) electrons. The van der Waals surface area contributed by atoms with Crippen LogP contribution >= 0.6 is 7.82 Å². The molecule has 50 heavy (non-hydrogen) atoms. The number of nitrogens with zero attached hydrogens (tertiary/aromatic N) is 4. The summed E-state index contributed by atoms with van der Waals surface area (Å²) in [5.41, 5.74) is 8.08. The number of aromatic nitrogens is 2. The van der Waals surface area contributed by atoms with Crippen LogP contribution in [-0.4, -0.2) is 52.5 Å². The SMILES string of the molecule is CCCCCCCCCCC(C)OCCCCCCCCCCCCCCOP(=O)(O)OC[C@H]1O[C@@H](n2cc(C)c(=O)[nH]c2=O)C[C@@H]1N=[N+]=[N-]. The number of phosphoric acid groups is 1. The van der Waals surface area contributed by atoms with Crippen LogP contribution in [0.5, 0.6) is 0 Å². The molecule has 2 unspecified atom stereocenters. The Labute approximate surface area is 299 Å². The van der Waals surface area contributed by atoms with Gasteiger partial charge in [0.15, 0.2) is 0 Å². The third-order valence-corrected chi connectivity index (χ3v) is 10.4. The van der Waals surface area contributed by atoms with E-state index in [-0.39, 0.29) is 19.6 Å². The van der Waals surface area contributed by atoms with Gasteiger partial charge in [-0.3, -0.25) is 23.4 Å². The average Bonchev–Trinajstić information content (AvgIpc) is 3.49. The molecule has 0 amide bonds. The average molecular weight is 728 g/mol. The van der Waals surface area contributed by atoms with E-state index >= 15 is 0 Å². The van der Waals surface area contributed by atoms with E-state index in [9.17, 15) is 19.0 Å². The van der Waals surface area contributed by atoms with Crippen molar-refractivity contribution in [2.75, 3.05) is 19.8 Å². The molecule has 0 bridgehead atoms. The summed E-state index contributed by atoms with van der Waals surface area (Å²) >= 11 is 0. The van der Waals surface area contributed by atoms with Crippen LogP contribution in [0.15, 0.2) is 20.9 Å². The Hall–Kier alpha value is -1.98. The van der Waals surface area contributed by atoms with Crippen LogP contribution in [0.4, 0.5) is 0 Å². The summed E-state index contributed by atoms with van der Waals surface area (Å²) in [5.74, 6) is 0. The van der Waals surface area contributed by atoms with Crippen molar-refractivity contribution in [3.63, 3.8) is 0 Å². The third-order valence-electron chi connectivity index (χ3n) is 9.42. The molecule has 1 aromatic rings. The van der Waals surface area contributed by atoms with Crippen LogP contribution in [0.25, 0.3) is 10.4 Å². The third kappa shape index (κ3) is 19.6. The second kappa shape index (κ2) is 26.7. The van der Waals surface area contributed by atoms with Gasteiger partial charge in [0, 0.05) is 29.7 Å². The quantitative estimate of drug-likeness (QED) is 0.0250. The maximum Gasteiger partial charge on any atom is 0.472 e. The van der Waals surface area contributed by atoms with Crippen molar-refractivity contribution in [2.24, 2.45) is 5.11 Å². The maximum atomic E-state index is 12.4. The van der Waals surface area contributed by atoms with Gasteiger partial charge < -0.3 is 14.4 Å². The summed E-state index contributed by atoms with van der Waals surface area (Å²) in [6.07, 6.45) is 26.0. The number of azide groups is 1. The van der Waals surface area contributed by atoms with Crippen molar-refractivity contribution >= 4 is 7.82 Å². The lowest BCUT2D eigenvalue weighted by molar-refractivity contribution is -0.0284. The van der Waals surface area contributed by atoms with Crippen LogP contribution in [0.2, 0.25) is 0 Å². The number of nitrogens with one attached hydrogen (secondary N) is 1. The van der Waals surface area contributed by atoms with Gasteiger partial charge in [-0.05, 0) is 38.6 Å². The maximum absolute atomic E-state index is 12.4. The number of unbranched alkanes of at least 4 members (excludes halogenated alkanes) is 18. The Morgan fingerprint density at radius 1 is 0.920 bits per heavy atom. The molecule has 1 fully saturated rings. The van der Waals surface area contributed by atoms with Gasteiger partial charge in [-0.2, -0.15) is 0 Å². The second-order valence-electron chi connectivity index (χ2n) is 13.9. The standard InChI is InChI=1S/C36H66N5O8P/c1-4-5-6-7-8-15-18-21-24-31(3)46-25-22-19-16-13-11-9-10-12-14-17-20-23-26-47-50(44,45)48-29-33-32(39-40-37)27-34(49-33)41-28-30(2)35(42)38-36(41)43/h28,31-34H,4-27,29H2,1-3H3,(H,44,45)(H,38,42,43)/t31?,32-,33+,34+/m0/s1. The largest absolute Gasteiger partial charge is 0.472 e. The Balaban J connectivity index is 1.41.